The van der Waals surface area contributed by atoms with Crippen LogP contribution in [0, 0.1) is 0 Å². The lowest BCUT2D eigenvalue weighted by atomic mass is 10.2. The number of fused-ring (bicyclic) bond motifs is 1. The molecule has 7 heteroatoms. The van der Waals surface area contributed by atoms with Crippen molar-refractivity contribution < 1.29 is 13.2 Å². The molecule has 3 rings (SSSR count). The summed E-state index contributed by atoms with van der Waals surface area (Å²) in [4.78, 5) is 8.07. The lowest BCUT2D eigenvalue weighted by Crippen LogP contribution is -2.29. The Labute approximate surface area is 129 Å². The SMILES string of the molecule is COc1ccc(CCS(=O)(=O)N2Cc3cncnc3C2)cc1. The zero-order chi connectivity index (χ0) is 15.6. The van der Waals surface area contributed by atoms with Gasteiger partial charge in [0.1, 0.15) is 12.1 Å². The molecule has 0 aliphatic carbocycles. The molecule has 1 aliphatic rings. The first kappa shape index (κ1) is 14.9. The molecule has 2 heterocycles. The van der Waals surface area contributed by atoms with E-state index in [2.05, 4.69) is 9.97 Å². The summed E-state index contributed by atoms with van der Waals surface area (Å²) in [5, 5.41) is 0. The third-order valence-electron chi connectivity index (χ3n) is 3.76. The van der Waals surface area contributed by atoms with Crippen LogP contribution in [0.1, 0.15) is 16.8 Å². The Morgan fingerprint density at radius 1 is 1.23 bits per heavy atom. The van der Waals surface area contributed by atoms with E-state index in [1.807, 2.05) is 24.3 Å². The van der Waals surface area contributed by atoms with Gasteiger partial charge >= 0.3 is 0 Å². The van der Waals surface area contributed by atoms with E-state index in [-0.39, 0.29) is 5.75 Å². The predicted octanol–water partition coefficient (Wildman–Crippen LogP) is 1.37. The third kappa shape index (κ3) is 3.10. The largest absolute Gasteiger partial charge is 0.497 e. The molecular weight excluding hydrogens is 302 g/mol. The second-order valence-electron chi connectivity index (χ2n) is 5.18. The van der Waals surface area contributed by atoms with Gasteiger partial charge in [0.15, 0.2) is 0 Å². The third-order valence-corrected chi connectivity index (χ3v) is 5.52. The number of methoxy groups -OCH3 is 1. The standard InChI is InChI=1S/C15H17N3O3S/c1-21-14-4-2-12(3-5-14)6-7-22(19,20)18-9-13-8-16-11-17-15(13)10-18/h2-5,8,11H,6-7,9-10H2,1H3. The van der Waals surface area contributed by atoms with E-state index in [1.165, 1.54) is 10.6 Å². The Morgan fingerprint density at radius 2 is 2.00 bits per heavy atom. The van der Waals surface area contributed by atoms with Crippen molar-refractivity contribution in [1.29, 1.82) is 0 Å². The molecule has 2 aromatic rings. The second kappa shape index (κ2) is 6.02. The fourth-order valence-corrected chi connectivity index (χ4v) is 3.84. The van der Waals surface area contributed by atoms with Gasteiger partial charge in [-0.3, -0.25) is 0 Å². The van der Waals surface area contributed by atoms with Crippen LogP contribution in [0.25, 0.3) is 0 Å². The molecule has 0 bridgehead atoms. The summed E-state index contributed by atoms with van der Waals surface area (Å²) in [6.07, 6.45) is 3.61. The number of benzene rings is 1. The van der Waals surface area contributed by atoms with Gasteiger partial charge in [0, 0.05) is 18.3 Å². The van der Waals surface area contributed by atoms with Crippen LogP contribution in [-0.2, 0) is 29.5 Å². The van der Waals surface area contributed by atoms with E-state index in [9.17, 15) is 8.42 Å². The molecule has 1 aromatic carbocycles. The number of aromatic nitrogens is 2. The molecule has 0 N–H and O–H groups in total. The minimum atomic E-state index is -3.31. The average molecular weight is 319 g/mol. The Balaban J connectivity index is 1.64. The van der Waals surface area contributed by atoms with E-state index in [4.69, 9.17) is 4.74 Å². The molecule has 1 aliphatic heterocycles. The normalized spacial score (nSPS) is 14.8. The smallest absolute Gasteiger partial charge is 0.215 e. The van der Waals surface area contributed by atoms with Crippen LogP contribution in [0.15, 0.2) is 36.8 Å². The minimum Gasteiger partial charge on any atom is -0.497 e. The number of aryl methyl sites for hydroxylation is 1. The summed E-state index contributed by atoms with van der Waals surface area (Å²) >= 11 is 0. The van der Waals surface area contributed by atoms with Gasteiger partial charge in [0.25, 0.3) is 0 Å². The Hall–Kier alpha value is -1.99. The zero-order valence-electron chi connectivity index (χ0n) is 12.3. The number of rotatable bonds is 5. The van der Waals surface area contributed by atoms with Gasteiger partial charge < -0.3 is 4.74 Å². The Kier molecular flexibility index (Phi) is 4.08. The fraction of sp³-hybridized carbons (Fsp3) is 0.333. The van der Waals surface area contributed by atoms with Crippen LogP contribution < -0.4 is 4.74 Å². The molecule has 0 unspecified atom stereocenters. The lowest BCUT2D eigenvalue weighted by molar-refractivity contribution is 0.414. The Morgan fingerprint density at radius 3 is 2.68 bits per heavy atom. The summed E-state index contributed by atoms with van der Waals surface area (Å²) in [6.45, 7) is 0.698. The number of ether oxygens (including phenoxy) is 1. The second-order valence-corrected chi connectivity index (χ2v) is 7.27. The number of hydrogen-bond donors (Lipinski definition) is 0. The van der Waals surface area contributed by atoms with Gasteiger partial charge in [-0.05, 0) is 24.1 Å². The van der Waals surface area contributed by atoms with Crippen LogP contribution in [0.3, 0.4) is 0 Å². The fourth-order valence-electron chi connectivity index (χ4n) is 2.44. The first-order valence-corrected chi connectivity index (χ1v) is 8.58. The van der Waals surface area contributed by atoms with Crippen molar-refractivity contribution >= 4 is 10.0 Å². The molecule has 116 valence electrons. The van der Waals surface area contributed by atoms with Crippen molar-refractivity contribution in [2.45, 2.75) is 19.5 Å². The van der Waals surface area contributed by atoms with Gasteiger partial charge in [0.2, 0.25) is 10.0 Å². The summed E-state index contributed by atoms with van der Waals surface area (Å²) in [5.74, 6) is 0.848. The van der Waals surface area contributed by atoms with Crippen molar-refractivity contribution in [1.82, 2.24) is 14.3 Å². The number of sulfonamides is 1. The van der Waals surface area contributed by atoms with Gasteiger partial charge in [0.05, 0.1) is 25.1 Å². The van der Waals surface area contributed by atoms with Gasteiger partial charge in [-0.1, -0.05) is 12.1 Å². The number of nitrogens with zero attached hydrogens (tertiary/aromatic N) is 3. The molecule has 0 amide bonds. The average Bonchev–Trinajstić information content (AvgIpc) is 2.98. The van der Waals surface area contributed by atoms with E-state index in [0.29, 0.717) is 19.5 Å². The van der Waals surface area contributed by atoms with Crippen molar-refractivity contribution in [3.8, 4) is 5.75 Å². The Bertz CT molecular complexity index is 735. The molecule has 1 aromatic heterocycles. The number of hydrogen-bond acceptors (Lipinski definition) is 5. The van der Waals surface area contributed by atoms with Crippen LogP contribution in [0.5, 0.6) is 5.75 Å². The van der Waals surface area contributed by atoms with Crippen molar-refractivity contribution in [3.05, 3.63) is 53.6 Å². The summed E-state index contributed by atoms with van der Waals surface area (Å²) in [5.41, 5.74) is 2.65. The maximum Gasteiger partial charge on any atom is 0.215 e. The van der Waals surface area contributed by atoms with Crippen molar-refractivity contribution in [3.63, 3.8) is 0 Å². The highest BCUT2D eigenvalue weighted by atomic mass is 32.2. The summed E-state index contributed by atoms with van der Waals surface area (Å²) in [7, 11) is -1.70. The van der Waals surface area contributed by atoms with E-state index >= 15 is 0 Å². The molecule has 0 saturated heterocycles. The molecule has 0 radical (unpaired) electrons. The van der Waals surface area contributed by atoms with Crippen LogP contribution in [0.2, 0.25) is 0 Å². The van der Waals surface area contributed by atoms with Crippen molar-refractivity contribution in [2.75, 3.05) is 12.9 Å². The van der Waals surface area contributed by atoms with E-state index in [1.54, 1.807) is 13.3 Å². The molecular formula is C15H17N3O3S. The maximum atomic E-state index is 12.5. The monoisotopic (exact) mass is 319 g/mol. The topological polar surface area (TPSA) is 72.4 Å². The maximum absolute atomic E-state index is 12.5. The first-order chi connectivity index (χ1) is 10.6. The van der Waals surface area contributed by atoms with Gasteiger partial charge in [-0.25, -0.2) is 18.4 Å². The van der Waals surface area contributed by atoms with E-state index in [0.717, 1.165) is 22.6 Å². The summed E-state index contributed by atoms with van der Waals surface area (Å²) < 4.78 is 31.5. The zero-order valence-corrected chi connectivity index (χ0v) is 13.1. The predicted molar refractivity (Wildman–Crippen MR) is 81.8 cm³/mol. The molecule has 0 spiro atoms. The first-order valence-electron chi connectivity index (χ1n) is 6.97. The van der Waals surface area contributed by atoms with Crippen LogP contribution in [0.4, 0.5) is 0 Å². The van der Waals surface area contributed by atoms with E-state index < -0.39 is 10.0 Å². The highest BCUT2D eigenvalue weighted by Gasteiger charge is 2.29. The molecule has 0 saturated carbocycles. The molecule has 0 atom stereocenters. The van der Waals surface area contributed by atoms with Crippen molar-refractivity contribution in [2.24, 2.45) is 0 Å². The highest BCUT2D eigenvalue weighted by molar-refractivity contribution is 7.89. The van der Waals surface area contributed by atoms with Crippen LogP contribution >= 0.6 is 0 Å². The molecule has 22 heavy (non-hydrogen) atoms. The van der Waals surface area contributed by atoms with Gasteiger partial charge in [-0.15, -0.1) is 0 Å². The summed E-state index contributed by atoms with van der Waals surface area (Å²) in [6, 6.07) is 7.45. The molecule has 6 nitrogen and oxygen atoms in total. The van der Waals surface area contributed by atoms with Gasteiger partial charge in [-0.2, -0.15) is 4.31 Å². The minimum absolute atomic E-state index is 0.0841. The van der Waals surface area contributed by atoms with Crippen LogP contribution in [-0.4, -0.2) is 35.6 Å². The lowest BCUT2D eigenvalue weighted by Gasteiger charge is -2.15. The highest BCUT2D eigenvalue weighted by Crippen LogP contribution is 2.23. The molecule has 0 fully saturated rings. The quantitative estimate of drug-likeness (QED) is 0.832.